The number of nitrogens with one attached hydrogen (secondary N) is 1. The van der Waals surface area contributed by atoms with Gasteiger partial charge in [0.25, 0.3) is 0 Å². The number of hydrogen-bond donors (Lipinski definition) is 2. The molecule has 0 amide bonds. The molecule has 1 aliphatic rings. The summed E-state index contributed by atoms with van der Waals surface area (Å²) in [5.74, 6) is 0. The van der Waals surface area contributed by atoms with Gasteiger partial charge in [-0.25, -0.2) is 0 Å². The van der Waals surface area contributed by atoms with Crippen LogP contribution < -0.4 is 5.32 Å². The molecule has 1 aliphatic heterocycles. The molecule has 0 bridgehead atoms. The Morgan fingerprint density at radius 2 is 2.31 bits per heavy atom. The van der Waals surface area contributed by atoms with Crippen LogP contribution in [0.1, 0.15) is 26.7 Å². The van der Waals surface area contributed by atoms with Crippen molar-refractivity contribution in [1.82, 2.24) is 10.4 Å². The van der Waals surface area contributed by atoms with Crippen molar-refractivity contribution in [2.24, 2.45) is 5.41 Å². The first-order chi connectivity index (χ1) is 6.03. The van der Waals surface area contributed by atoms with E-state index in [1.54, 1.807) is 0 Å². The second kappa shape index (κ2) is 4.35. The minimum absolute atomic E-state index is 0.310. The molecule has 1 unspecified atom stereocenters. The van der Waals surface area contributed by atoms with E-state index in [2.05, 4.69) is 19.2 Å². The van der Waals surface area contributed by atoms with Gasteiger partial charge in [-0.3, -0.25) is 0 Å². The van der Waals surface area contributed by atoms with Crippen LogP contribution in [0.15, 0.2) is 0 Å². The lowest BCUT2D eigenvalue weighted by molar-refractivity contribution is -0.0534. The zero-order valence-corrected chi connectivity index (χ0v) is 8.39. The molecule has 1 heterocycles. The second-order valence-corrected chi connectivity index (χ2v) is 4.56. The van der Waals surface area contributed by atoms with Crippen LogP contribution in [-0.4, -0.2) is 36.1 Å². The highest BCUT2D eigenvalue weighted by atomic mass is 19.2. The first kappa shape index (κ1) is 10.9. The molecule has 0 aromatic heterocycles. The standard InChI is InChI=1S/C9H19FN2O/c1-9(2)5-8(11-6-9)3-4-12(10)7-13/h8,11,13H,3-7H2,1-2H3. The van der Waals surface area contributed by atoms with Gasteiger partial charge in [0.05, 0.1) is 0 Å². The molecule has 1 saturated heterocycles. The van der Waals surface area contributed by atoms with Crippen LogP contribution in [0, 0.1) is 5.41 Å². The zero-order valence-electron chi connectivity index (χ0n) is 8.39. The Balaban J connectivity index is 2.17. The van der Waals surface area contributed by atoms with Gasteiger partial charge in [-0.05, 0) is 18.3 Å². The SMILES string of the molecule is CC1(C)CNC(CCN(F)CO)C1. The summed E-state index contributed by atoms with van der Waals surface area (Å²) in [5, 5.41) is 12.2. The molecular formula is C9H19FN2O. The third-order valence-corrected chi connectivity index (χ3v) is 2.54. The van der Waals surface area contributed by atoms with Crippen LogP contribution in [0.25, 0.3) is 0 Å². The van der Waals surface area contributed by atoms with Crippen molar-refractivity contribution >= 4 is 0 Å². The zero-order chi connectivity index (χ0) is 9.90. The van der Waals surface area contributed by atoms with Crippen LogP contribution in [-0.2, 0) is 0 Å². The molecule has 1 atom stereocenters. The van der Waals surface area contributed by atoms with Gasteiger partial charge in [0, 0.05) is 19.1 Å². The van der Waals surface area contributed by atoms with Gasteiger partial charge < -0.3 is 10.4 Å². The fraction of sp³-hybridized carbons (Fsp3) is 1.00. The predicted molar refractivity (Wildman–Crippen MR) is 49.7 cm³/mol. The molecule has 1 fully saturated rings. The predicted octanol–water partition coefficient (Wildman–Crippen LogP) is 0.901. The van der Waals surface area contributed by atoms with E-state index < -0.39 is 6.73 Å². The lowest BCUT2D eigenvalue weighted by Gasteiger charge is -2.16. The van der Waals surface area contributed by atoms with Gasteiger partial charge in [-0.2, -0.15) is 0 Å². The molecule has 0 saturated carbocycles. The molecule has 0 aliphatic carbocycles. The summed E-state index contributed by atoms with van der Waals surface area (Å²) in [6, 6.07) is 0.403. The van der Waals surface area contributed by atoms with Crippen LogP contribution in [0.2, 0.25) is 0 Å². The first-order valence-corrected chi connectivity index (χ1v) is 4.78. The summed E-state index contributed by atoms with van der Waals surface area (Å²) < 4.78 is 12.5. The molecule has 0 spiro atoms. The van der Waals surface area contributed by atoms with E-state index >= 15 is 0 Å². The van der Waals surface area contributed by atoms with Crippen molar-refractivity contribution in [3.05, 3.63) is 0 Å². The monoisotopic (exact) mass is 190 g/mol. The molecule has 2 N–H and O–H groups in total. The summed E-state index contributed by atoms with van der Waals surface area (Å²) in [4.78, 5) is 0. The average Bonchev–Trinajstić information content (AvgIpc) is 2.41. The van der Waals surface area contributed by atoms with Gasteiger partial charge in [-0.15, -0.1) is 9.60 Å². The Morgan fingerprint density at radius 1 is 1.62 bits per heavy atom. The quantitative estimate of drug-likeness (QED) is 0.511. The molecule has 1 rings (SSSR count). The number of rotatable bonds is 4. The normalized spacial score (nSPS) is 27.0. The average molecular weight is 190 g/mol. The maximum absolute atomic E-state index is 12.5. The molecule has 0 aromatic rings. The fourth-order valence-corrected chi connectivity index (χ4v) is 1.80. The third kappa shape index (κ3) is 3.58. The van der Waals surface area contributed by atoms with Gasteiger partial charge in [0.2, 0.25) is 0 Å². The lowest BCUT2D eigenvalue weighted by atomic mass is 9.90. The van der Waals surface area contributed by atoms with E-state index in [0.29, 0.717) is 23.1 Å². The Bertz CT molecular complexity index is 164. The van der Waals surface area contributed by atoms with Crippen molar-refractivity contribution in [3.8, 4) is 0 Å². The molecule has 13 heavy (non-hydrogen) atoms. The minimum atomic E-state index is -0.504. The van der Waals surface area contributed by atoms with E-state index in [4.69, 9.17) is 5.11 Å². The van der Waals surface area contributed by atoms with E-state index in [-0.39, 0.29) is 0 Å². The second-order valence-electron chi connectivity index (χ2n) is 4.56. The molecule has 3 nitrogen and oxygen atoms in total. The van der Waals surface area contributed by atoms with Gasteiger partial charge in [0.15, 0.2) is 0 Å². The van der Waals surface area contributed by atoms with Crippen molar-refractivity contribution in [2.75, 3.05) is 19.8 Å². The topological polar surface area (TPSA) is 35.5 Å². The highest BCUT2D eigenvalue weighted by molar-refractivity contribution is 4.87. The fourth-order valence-electron chi connectivity index (χ4n) is 1.80. The molecule has 0 radical (unpaired) electrons. The maximum atomic E-state index is 12.5. The van der Waals surface area contributed by atoms with E-state index in [1.807, 2.05) is 0 Å². The van der Waals surface area contributed by atoms with Gasteiger partial charge in [-0.1, -0.05) is 13.8 Å². The number of halogens is 1. The van der Waals surface area contributed by atoms with Crippen molar-refractivity contribution in [1.29, 1.82) is 0 Å². The lowest BCUT2D eigenvalue weighted by Crippen LogP contribution is -2.27. The van der Waals surface area contributed by atoms with Crippen LogP contribution in [0.3, 0.4) is 0 Å². The van der Waals surface area contributed by atoms with Gasteiger partial charge >= 0.3 is 0 Å². The van der Waals surface area contributed by atoms with E-state index in [9.17, 15) is 4.48 Å². The van der Waals surface area contributed by atoms with Crippen LogP contribution in [0.4, 0.5) is 4.48 Å². The van der Waals surface area contributed by atoms with Gasteiger partial charge in [0.1, 0.15) is 6.73 Å². The number of aliphatic hydroxyl groups excluding tert-OH is 1. The van der Waals surface area contributed by atoms with Crippen molar-refractivity contribution < 1.29 is 9.59 Å². The Morgan fingerprint density at radius 3 is 2.77 bits per heavy atom. The largest absolute Gasteiger partial charge is 0.379 e. The summed E-state index contributed by atoms with van der Waals surface area (Å²) in [5.41, 5.74) is 0.338. The summed E-state index contributed by atoms with van der Waals surface area (Å²) in [6.45, 7) is 5.22. The number of nitrogens with zero attached hydrogens (tertiary/aromatic N) is 1. The van der Waals surface area contributed by atoms with E-state index in [1.165, 1.54) is 0 Å². The summed E-state index contributed by atoms with van der Waals surface area (Å²) >= 11 is 0. The number of aliphatic hydroxyl groups is 1. The summed E-state index contributed by atoms with van der Waals surface area (Å²) in [6.07, 6.45) is 1.85. The third-order valence-electron chi connectivity index (χ3n) is 2.54. The van der Waals surface area contributed by atoms with E-state index in [0.717, 1.165) is 19.4 Å². The van der Waals surface area contributed by atoms with Crippen LogP contribution >= 0.6 is 0 Å². The first-order valence-electron chi connectivity index (χ1n) is 4.78. The van der Waals surface area contributed by atoms with Crippen molar-refractivity contribution in [3.63, 3.8) is 0 Å². The minimum Gasteiger partial charge on any atom is -0.379 e. The summed E-state index contributed by atoms with van der Waals surface area (Å²) in [7, 11) is 0. The molecule has 0 aromatic carbocycles. The van der Waals surface area contributed by atoms with Crippen molar-refractivity contribution in [2.45, 2.75) is 32.7 Å². The maximum Gasteiger partial charge on any atom is 0.124 e. The Hall–Kier alpha value is -0.190. The molecular weight excluding hydrogens is 171 g/mol. The van der Waals surface area contributed by atoms with Crippen LogP contribution in [0.5, 0.6) is 0 Å². The Labute approximate surface area is 78.9 Å². The Kier molecular flexibility index (Phi) is 3.64. The smallest absolute Gasteiger partial charge is 0.124 e. The molecule has 4 heteroatoms. The highest BCUT2D eigenvalue weighted by Gasteiger charge is 2.30. The molecule has 78 valence electrons. The highest BCUT2D eigenvalue weighted by Crippen LogP contribution is 2.28. The number of hydrogen-bond acceptors (Lipinski definition) is 3.